The molecule has 32 heavy (non-hydrogen) atoms. The molecule has 0 spiro atoms. The van der Waals surface area contributed by atoms with Crippen LogP contribution < -0.4 is 5.56 Å². The first-order valence-electron chi connectivity index (χ1n) is 10.2. The van der Waals surface area contributed by atoms with E-state index in [1.807, 2.05) is 29.6 Å². The SMILES string of the molecule is Cc1ccc(-n2c(Cc3ccccc3)nnc2SCc2nc3ccsc3c(=O)[nH]2)c(C)c1. The molecule has 0 fully saturated rings. The molecule has 0 aliphatic carbocycles. The quantitative estimate of drug-likeness (QED) is 0.359. The molecule has 8 heteroatoms. The molecule has 6 nitrogen and oxygen atoms in total. The Bertz CT molecular complexity index is 1450. The Morgan fingerprint density at radius 2 is 1.91 bits per heavy atom. The molecule has 1 N–H and O–H groups in total. The number of rotatable bonds is 6. The van der Waals surface area contributed by atoms with Gasteiger partial charge in [0.2, 0.25) is 0 Å². The summed E-state index contributed by atoms with van der Waals surface area (Å²) in [5.41, 5.74) is 5.24. The van der Waals surface area contributed by atoms with Crippen molar-refractivity contribution in [1.82, 2.24) is 24.7 Å². The van der Waals surface area contributed by atoms with E-state index in [0.717, 1.165) is 27.7 Å². The Hall–Kier alpha value is -3.23. The minimum atomic E-state index is -0.0961. The lowest BCUT2D eigenvalue weighted by molar-refractivity contribution is 0.840. The van der Waals surface area contributed by atoms with Gasteiger partial charge in [0, 0.05) is 6.42 Å². The van der Waals surface area contributed by atoms with Gasteiger partial charge in [-0.3, -0.25) is 9.36 Å². The van der Waals surface area contributed by atoms with Crippen molar-refractivity contribution in [3.05, 3.63) is 98.7 Å². The molecule has 160 valence electrons. The van der Waals surface area contributed by atoms with Crippen molar-refractivity contribution >= 4 is 33.3 Å². The second kappa shape index (κ2) is 8.72. The van der Waals surface area contributed by atoms with Crippen LogP contribution in [-0.2, 0) is 12.2 Å². The van der Waals surface area contributed by atoms with Crippen LogP contribution in [0.25, 0.3) is 15.9 Å². The lowest BCUT2D eigenvalue weighted by atomic mass is 10.1. The van der Waals surface area contributed by atoms with Crippen LogP contribution >= 0.6 is 23.1 Å². The molecule has 0 bridgehead atoms. The summed E-state index contributed by atoms with van der Waals surface area (Å²) in [6.45, 7) is 4.19. The van der Waals surface area contributed by atoms with E-state index in [0.29, 0.717) is 22.7 Å². The molecule has 2 aromatic carbocycles. The number of aryl methyl sites for hydroxylation is 2. The van der Waals surface area contributed by atoms with Crippen molar-refractivity contribution < 1.29 is 0 Å². The minimum Gasteiger partial charge on any atom is -0.309 e. The molecule has 0 aliphatic rings. The summed E-state index contributed by atoms with van der Waals surface area (Å²) in [5, 5.41) is 11.7. The largest absolute Gasteiger partial charge is 0.309 e. The molecular weight excluding hydrogens is 438 g/mol. The highest BCUT2D eigenvalue weighted by molar-refractivity contribution is 7.98. The van der Waals surface area contributed by atoms with Crippen LogP contribution in [0.15, 0.2) is 69.9 Å². The van der Waals surface area contributed by atoms with E-state index in [9.17, 15) is 4.79 Å². The van der Waals surface area contributed by atoms with Gasteiger partial charge in [0.15, 0.2) is 5.16 Å². The van der Waals surface area contributed by atoms with Crippen LogP contribution in [0.4, 0.5) is 0 Å². The number of hydrogen-bond donors (Lipinski definition) is 1. The molecule has 0 radical (unpaired) electrons. The summed E-state index contributed by atoms with van der Waals surface area (Å²) in [6, 6.07) is 18.5. The van der Waals surface area contributed by atoms with Crippen LogP contribution in [0.5, 0.6) is 0 Å². The monoisotopic (exact) mass is 459 g/mol. The van der Waals surface area contributed by atoms with E-state index in [-0.39, 0.29) is 5.56 Å². The second-order valence-electron chi connectivity index (χ2n) is 7.62. The Labute approximate surface area is 193 Å². The number of H-pyrrole nitrogens is 1. The number of thiophene rings is 1. The molecule has 0 saturated heterocycles. The zero-order valence-electron chi connectivity index (χ0n) is 17.7. The van der Waals surface area contributed by atoms with E-state index in [4.69, 9.17) is 0 Å². The van der Waals surface area contributed by atoms with Gasteiger partial charge in [-0.15, -0.1) is 21.5 Å². The maximum absolute atomic E-state index is 12.3. The molecule has 5 rings (SSSR count). The first-order chi connectivity index (χ1) is 15.6. The van der Waals surface area contributed by atoms with Crippen molar-refractivity contribution in [2.24, 2.45) is 0 Å². The molecular formula is C24H21N5OS2. The van der Waals surface area contributed by atoms with Crippen molar-refractivity contribution in [2.75, 3.05) is 0 Å². The second-order valence-corrected chi connectivity index (χ2v) is 9.48. The summed E-state index contributed by atoms with van der Waals surface area (Å²) in [6.07, 6.45) is 0.678. The van der Waals surface area contributed by atoms with Crippen LogP contribution in [0.3, 0.4) is 0 Å². The van der Waals surface area contributed by atoms with Gasteiger partial charge in [-0.2, -0.15) is 0 Å². The Balaban J connectivity index is 1.51. The maximum Gasteiger partial charge on any atom is 0.268 e. The highest BCUT2D eigenvalue weighted by atomic mass is 32.2. The lowest BCUT2D eigenvalue weighted by Crippen LogP contribution is -2.10. The average Bonchev–Trinajstić information content (AvgIpc) is 3.41. The van der Waals surface area contributed by atoms with Gasteiger partial charge in [0.1, 0.15) is 16.3 Å². The summed E-state index contributed by atoms with van der Waals surface area (Å²) in [5.74, 6) is 2.00. The number of benzene rings is 2. The molecule has 0 atom stereocenters. The number of fused-ring (bicyclic) bond motifs is 1. The Morgan fingerprint density at radius 1 is 1.06 bits per heavy atom. The third-order valence-corrected chi connectivity index (χ3v) is 7.04. The fraction of sp³-hybridized carbons (Fsp3) is 0.167. The van der Waals surface area contributed by atoms with E-state index >= 15 is 0 Å². The van der Waals surface area contributed by atoms with E-state index < -0.39 is 0 Å². The number of hydrogen-bond acceptors (Lipinski definition) is 6. The average molecular weight is 460 g/mol. The predicted molar refractivity (Wildman–Crippen MR) is 130 cm³/mol. The van der Waals surface area contributed by atoms with Crippen molar-refractivity contribution in [1.29, 1.82) is 0 Å². The summed E-state index contributed by atoms with van der Waals surface area (Å²) < 4.78 is 2.77. The van der Waals surface area contributed by atoms with Gasteiger partial charge in [0.25, 0.3) is 5.56 Å². The standard InChI is InChI=1S/C24H21N5OS2/c1-15-8-9-19(16(2)12-15)29-21(13-17-6-4-3-5-7-17)27-28-24(29)32-14-20-25-18-10-11-31-22(18)23(30)26-20/h3-12H,13-14H2,1-2H3,(H,25,26,30). The van der Waals surface area contributed by atoms with E-state index in [2.05, 4.69) is 68.9 Å². The normalized spacial score (nSPS) is 11.3. The zero-order chi connectivity index (χ0) is 22.1. The van der Waals surface area contributed by atoms with E-state index in [1.54, 1.807) is 0 Å². The van der Waals surface area contributed by atoms with Crippen LogP contribution in [0, 0.1) is 13.8 Å². The molecule has 0 aliphatic heterocycles. The first kappa shape index (κ1) is 20.7. The predicted octanol–water partition coefficient (Wildman–Crippen LogP) is 5.07. The number of nitrogens with zero attached hydrogens (tertiary/aromatic N) is 4. The van der Waals surface area contributed by atoms with Crippen LogP contribution in [-0.4, -0.2) is 24.7 Å². The summed E-state index contributed by atoms with van der Waals surface area (Å²) in [4.78, 5) is 19.8. The Kier molecular flexibility index (Phi) is 5.63. The molecule has 0 amide bonds. The highest BCUT2D eigenvalue weighted by Gasteiger charge is 2.17. The highest BCUT2D eigenvalue weighted by Crippen LogP contribution is 2.28. The molecule has 3 heterocycles. The number of aromatic amines is 1. The molecule has 5 aromatic rings. The number of thioether (sulfide) groups is 1. The van der Waals surface area contributed by atoms with Gasteiger partial charge >= 0.3 is 0 Å². The smallest absolute Gasteiger partial charge is 0.268 e. The topological polar surface area (TPSA) is 76.5 Å². The minimum absolute atomic E-state index is 0.0961. The van der Waals surface area contributed by atoms with Crippen LogP contribution in [0.1, 0.15) is 28.3 Å². The van der Waals surface area contributed by atoms with E-state index in [1.165, 1.54) is 34.2 Å². The number of nitrogens with one attached hydrogen (secondary N) is 1. The maximum atomic E-state index is 12.3. The molecule has 3 aromatic heterocycles. The third kappa shape index (κ3) is 4.11. The van der Waals surface area contributed by atoms with Gasteiger partial charge < -0.3 is 4.98 Å². The van der Waals surface area contributed by atoms with Crippen LogP contribution in [0.2, 0.25) is 0 Å². The fourth-order valence-electron chi connectivity index (χ4n) is 3.71. The first-order valence-corrected chi connectivity index (χ1v) is 12.1. The zero-order valence-corrected chi connectivity index (χ0v) is 19.3. The number of aromatic nitrogens is 5. The van der Waals surface area contributed by atoms with Gasteiger partial charge in [-0.1, -0.05) is 59.8 Å². The molecule has 0 saturated carbocycles. The van der Waals surface area contributed by atoms with Gasteiger partial charge in [-0.05, 0) is 42.5 Å². The molecule has 0 unspecified atom stereocenters. The Morgan fingerprint density at radius 3 is 2.72 bits per heavy atom. The van der Waals surface area contributed by atoms with Gasteiger partial charge in [-0.25, -0.2) is 4.98 Å². The third-order valence-electron chi connectivity index (χ3n) is 5.20. The summed E-state index contributed by atoms with van der Waals surface area (Å²) in [7, 11) is 0. The fourth-order valence-corrected chi connectivity index (χ4v) is 5.27. The summed E-state index contributed by atoms with van der Waals surface area (Å²) >= 11 is 2.92. The van der Waals surface area contributed by atoms with Crippen molar-refractivity contribution in [3.63, 3.8) is 0 Å². The van der Waals surface area contributed by atoms with Crippen molar-refractivity contribution in [2.45, 2.75) is 31.2 Å². The lowest BCUT2D eigenvalue weighted by Gasteiger charge is -2.13. The van der Waals surface area contributed by atoms with Gasteiger partial charge in [0.05, 0.1) is 17.0 Å². The van der Waals surface area contributed by atoms with Crippen molar-refractivity contribution in [3.8, 4) is 5.69 Å².